The molecule has 0 radical (unpaired) electrons. The Morgan fingerprint density at radius 3 is 2.10 bits per heavy atom. The lowest BCUT2D eigenvalue weighted by Gasteiger charge is -2.38. The maximum absolute atomic E-state index is 12.7. The van der Waals surface area contributed by atoms with E-state index in [0.717, 1.165) is 23.7 Å². The van der Waals surface area contributed by atoms with Crippen molar-refractivity contribution in [1.82, 2.24) is 4.31 Å². The van der Waals surface area contributed by atoms with Crippen LogP contribution >= 0.6 is 15.9 Å². The zero-order valence-electron chi connectivity index (χ0n) is 13.0. The van der Waals surface area contributed by atoms with Gasteiger partial charge in [-0.15, -0.1) is 0 Å². The average molecular weight is 374 g/mol. The first-order valence-corrected chi connectivity index (χ1v) is 9.96. The number of hydrogen-bond donors (Lipinski definition) is 0. The van der Waals surface area contributed by atoms with Crippen molar-refractivity contribution in [3.8, 4) is 0 Å². The molecule has 5 heteroatoms. The van der Waals surface area contributed by atoms with Gasteiger partial charge < -0.3 is 0 Å². The summed E-state index contributed by atoms with van der Waals surface area (Å²) in [5, 5.41) is 0.740. The van der Waals surface area contributed by atoms with E-state index in [1.54, 1.807) is 16.4 Å². The Kier molecular flexibility index (Phi) is 5.16. The molecule has 0 aromatic heterocycles. The Labute approximate surface area is 136 Å². The molecule has 0 saturated carbocycles. The number of alkyl halides is 1. The van der Waals surface area contributed by atoms with Crippen LogP contribution in [0.4, 0.5) is 0 Å². The standard InChI is InChI=1S/C16H24BrNO2S/c1-16(2,3)14-8-10-18(11-9-14)21(19,20)15-6-4-13(12-17)5-7-15/h4-7,14H,8-12H2,1-3H3. The van der Waals surface area contributed by atoms with E-state index in [1.165, 1.54) is 0 Å². The molecule has 21 heavy (non-hydrogen) atoms. The van der Waals surface area contributed by atoms with Crippen LogP contribution < -0.4 is 0 Å². The summed E-state index contributed by atoms with van der Waals surface area (Å²) in [5.41, 5.74) is 1.34. The predicted molar refractivity (Wildman–Crippen MR) is 90.0 cm³/mol. The van der Waals surface area contributed by atoms with E-state index in [1.807, 2.05) is 12.1 Å². The lowest BCUT2D eigenvalue weighted by atomic mass is 9.76. The third-order valence-corrected chi connectivity index (χ3v) is 6.95. The molecule has 0 spiro atoms. The fraction of sp³-hybridized carbons (Fsp3) is 0.625. The van der Waals surface area contributed by atoms with Gasteiger partial charge in [-0.2, -0.15) is 4.31 Å². The number of nitrogens with zero attached hydrogens (tertiary/aromatic N) is 1. The van der Waals surface area contributed by atoms with Gasteiger partial charge >= 0.3 is 0 Å². The highest BCUT2D eigenvalue weighted by atomic mass is 79.9. The van der Waals surface area contributed by atoms with Crippen LogP contribution in [0.5, 0.6) is 0 Å². The Morgan fingerprint density at radius 1 is 1.14 bits per heavy atom. The van der Waals surface area contributed by atoms with Crippen LogP contribution in [0.15, 0.2) is 29.2 Å². The normalized spacial score (nSPS) is 18.9. The highest BCUT2D eigenvalue weighted by Gasteiger charge is 2.33. The van der Waals surface area contributed by atoms with E-state index in [2.05, 4.69) is 36.7 Å². The molecule has 1 aliphatic heterocycles. The zero-order chi connectivity index (χ0) is 15.7. The monoisotopic (exact) mass is 373 g/mol. The van der Waals surface area contributed by atoms with Gasteiger partial charge in [0, 0.05) is 18.4 Å². The number of rotatable bonds is 3. The van der Waals surface area contributed by atoms with E-state index in [4.69, 9.17) is 0 Å². The Bertz CT molecular complexity index is 567. The molecule has 0 bridgehead atoms. The molecular weight excluding hydrogens is 350 g/mol. The minimum absolute atomic E-state index is 0.257. The summed E-state index contributed by atoms with van der Waals surface area (Å²) in [5.74, 6) is 0.597. The third kappa shape index (κ3) is 3.88. The molecular formula is C16H24BrNO2S. The minimum atomic E-state index is -3.34. The third-order valence-electron chi connectivity index (χ3n) is 4.39. The molecule has 1 heterocycles. The van der Waals surface area contributed by atoms with E-state index in [0.29, 0.717) is 23.9 Å². The Balaban J connectivity index is 2.11. The second-order valence-corrected chi connectivity index (χ2v) is 9.32. The first-order valence-electron chi connectivity index (χ1n) is 7.40. The number of piperidine rings is 1. The van der Waals surface area contributed by atoms with Crippen LogP contribution in [0.2, 0.25) is 0 Å². The van der Waals surface area contributed by atoms with Gasteiger partial charge in [-0.1, -0.05) is 48.8 Å². The van der Waals surface area contributed by atoms with Crippen LogP contribution in [0.25, 0.3) is 0 Å². The van der Waals surface area contributed by atoms with Gasteiger partial charge in [0.15, 0.2) is 0 Å². The van der Waals surface area contributed by atoms with Crippen LogP contribution in [-0.4, -0.2) is 25.8 Å². The van der Waals surface area contributed by atoms with Crippen LogP contribution in [0, 0.1) is 11.3 Å². The van der Waals surface area contributed by atoms with Crippen molar-refractivity contribution in [2.24, 2.45) is 11.3 Å². The van der Waals surface area contributed by atoms with Gasteiger partial charge in [-0.25, -0.2) is 8.42 Å². The van der Waals surface area contributed by atoms with Crippen molar-refractivity contribution in [2.75, 3.05) is 13.1 Å². The second kappa shape index (κ2) is 6.39. The zero-order valence-corrected chi connectivity index (χ0v) is 15.4. The van der Waals surface area contributed by atoms with Crippen LogP contribution in [0.1, 0.15) is 39.2 Å². The fourth-order valence-electron chi connectivity index (χ4n) is 2.86. The summed E-state index contributed by atoms with van der Waals surface area (Å²) in [6, 6.07) is 7.15. The Hall–Kier alpha value is -0.390. The van der Waals surface area contributed by atoms with Gasteiger partial charge in [-0.3, -0.25) is 0 Å². The smallest absolute Gasteiger partial charge is 0.207 e. The number of sulfonamides is 1. The summed E-state index contributed by atoms with van der Waals surface area (Å²) in [6.07, 6.45) is 1.89. The maximum atomic E-state index is 12.7. The molecule has 1 fully saturated rings. The largest absolute Gasteiger partial charge is 0.243 e. The van der Waals surface area contributed by atoms with Crippen molar-refractivity contribution in [3.05, 3.63) is 29.8 Å². The van der Waals surface area contributed by atoms with Gasteiger partial charge in [0.05, 0.1) is 4.90 Å². The summed E-state index contributed by atoms with van der Waals surface area (Å²) >= 11 is 3.37. The van der Waals surface area contributed by atoms with E-state index in [9.17, 15) is 8.42 Å². The van der Waals surface area contributed by atoms with Crippen molar-refractivity contribution in [3.63, 3.8) is 0 Å². The van der Waals surface area contributed by atoms with E-state index < -0.39 is 10.0 Å². The van der Waals surface area contributed by atoms with E-state index >= 15 is 0 Å². The molecule has 0 N–H and O–H groups in total. The van der Waals surface area contributed by atoms with Gasteiger partial charge in [0.25, 0.3) is 0 Å². The molecule has 118 valence electrons. The number of halogens is 1. The molecule has 0 amide bonds. The fourth-order valence-corrected chi connectivity index (χ4v) is 4.71. The molecule has 1 aliphatic rings. The first-order chi connectivity index (χ1) is 9.75. The lowest BCUT2D eigenvalue weighted by molar-refractivity contribution is 0.154. The molecule has 1 aromatic carbocycles. The SMILES string of the molecule is CC(C)(C)C1CCN(S(=O)(=O)c2ccc(CBr)cc2)CC1. The highest BCUT2D eigenvalue weighted by Crippen LogP contribution is 2.35. The number of hydrogen-bond acceptors (Lipinski definition) is 2. The molecule has 3 nitrogen and oxygen atoms in total. The molecule has 0 atom stereocenters. The molecule has 1 saturated heterocycles. The highest BCUT2D eigenvalue weighted by molar-refractivity contribution is 9.08. The van der Waals surface area contributed by atoms with Crippen molar-refractivity contribution < 1.29 is 8.42 Å². The van der Waals surface area contributed by atoms with Gasteiger partial charge in [0.2, 0.25) is 10.0 Å². The van der Waals surface area contributed by atoms with Crippen LogP contribution in [0.3, 0.4) is 0 Å². The first kappa shape index (κ1) is 17.0. The van der Waals surface area contributed by atoms with Crippen LogP contribution in [-0.2, 0) is 15.4 Å². The van der Waals surface area contributed by atoms with E-state index in [-0.39, 0.29) is 5.41 Å². The van der Waals surface area contributed by atoms with Crippen molar-refractivity contribution in [2.45, 2.75) is 43.8 Å². The van der Waals surface area contributed by atoms with Crippen molar-refractivity contribution >= 4 is 26.0 Å². The molecule has 1 aromatic rings. The molecule has 0 unspecified atom stereocenters. The van der Waals surface area contributed by atoms with Crippen molar-refractivity contribution in [1.29, 1.82) is 0 Å². The summed E-state index contributed by atoms with van der Waals surface area (Å²) in [4.78, 5) is 0.404. The van der Waals surface area contributed by atoms with Gasteiger partial charge in [-0.05, 0) is 41.9 Å². The molecule has 2 rings (SSSR count). The predicted octanol–water partition coefficient (Wildman–Crippen LogP) is 4.03. The topological polar surface area (TPSA) is 37.4 Å². The minimum Gasteiger partial charge on any atom is -0.207 e. The summed E-state index contributed by atoms with van der Waals surface area (Å²) in [7, 11) is -3.34. The Morgan fingerprint density at radius 2 is 1.67 bits per heavy atom. The summed E-state index contributed by atoms with van der Waals surface area (Å²) < 4.78 is 27.0. The summed E-state index contributed by atoms with van der Waals surface area (Å²) in [6.45, 7) is 7.97. The van der Waals surface area contributed by atoms with Gasteiger partial charge in [0.1, 0.15) is 0 Å². The lowest BCUT2D eigenvalue weighted by Crippen LogP contribution is -2.41. The molecule has 0 aliphatic carbocycles. The average Bonchev–Trinajstić information content (AvgIpc) is 2.46. The number of benzene rings is 1. The quantitative estimate of drug-likeness (QED) is 0.750. The second-order valence-electron chi connectivity index (χ2n) is 6.82. The maximum Gasteiger partial charge on any atom is 0.243 e.